The van der Waals surface area contributed by atoms with Crippen LogP contribution in [0.3, 0.4) is 0 Å². The van der Waals surface area contributed by atoms with Crippen LogP contribution in [0, 0.1) is 0 Å². The number of nitrogens with zero attached hydrogens (tertiary/aromatic N) is 1. The first-order chi connectivity index (χ1) is 18.6. The van der Waals surface area contributed by atoms with Crippen LogP contribution in [0.1, 0.15) is 47.1 Å². The zero-order chi connectivity index (χ0) is 30.3. The molecule has 0 aliphatic carbocycles. The van der Waals surface area contributed by atoms with Gasteiger partial charge in [-0.15, -0.1) is 0 Å². The van der Waals surface area contributed by atoms with Crippen LogP contribution in [0.4, 0.5) is 0 Å². The Hall–Kier alpha value is -3.40. The summed E-state index contributed by atoms with van der Waals surface area (Å²) in [5.74, 6) is -4.58. The van der Waals surface area contributed by atoms with E-state index in [1.807, 2.05) is 6.07 Å². The van der Waals surface area contributed by atoms with Crippen molar-refractivity contribution < 1.29 is 35.5 Å². The molecule has 0 fully saturated rings. The Bertz CT molecular complexity index is 1180. The van der Waals surface area contributed by atoms with Gasteiger partial charge in [-0.1, -0.05) is 60.7 Å². The second-order valence-electron chi connectivity index (χ2n) is 10.8. The molecule has 0 unspecified atom stereocenters. The monoisotopic (exact) mass is 541 g/mol. The van der Waals surface area contributed by atoms with Gasteiger partial charge in [-0.05, 0) is 59.2 Å². The number of benzene rings is 2. The Morgan fingerprint density at radius 3 is 1.92 bits per heavy atom. The molecule has 0 spiro atoms. The van der Waals surface area contributed by atoms with Crippen molar-refractivity contribution in [3.05, 3.63) is 71.8 Å². The minimum Gasteiger partial charge on any atom is -0.457 e. The van der Waals surface area contributed by atoms with Gasteiger partial charge in [-0.25, -0.2) is 4.79 Å². The molecular weight excluding hydrogens is 500 g/mol. The van der Waals surface area contributed by atoms with Gasteiger partial charge in [0.25, 0.3) is 5.91 Å². The van der Waals surface area contributed by atoms with Crippen LogP contribution in [0.5, 0.6) is 0 Å². The number of esters is 1. The largest absolute Gasteiger partial charge is 0.457 e. The minimum absolute atomic E-state index is 0.100. The van der Waals surface area contributed by atoms with Crippen molar-refractivity contribution >= 4 is 23.4 Å². The molecule has 0 aliphatic rings. The average Bonchev–Trinajstić information content (AvgIpc) is 2.90. The lowest BCUT2D eigenvalue weighted by atomic mass is 9.72. The molecular formula is C30H40N2O7. The van der Waals surface area contributed by atoms with Crippen LogP contribution in [0.15, 0.2) is 60.7 Å². The molecule has 2 aromatic carbocycles. The molecule has 0 bridgehead atoms. The van der Waals surface area contributed by atoms with Crippen molar-refractivity contribution in [1.29, 1.82) is 0 Å². The molecule has 4 atom stereocenters. The fourth-order valence-corrected chi connectivity index (χ4v) is 4.27. The van der Waals surface area contributed by atoms with Gasteiger partial charge in [-0.3, -0.25) is 14.4 Å². The maximum absolute atomic E-state index is 14.6. The first kappa shape index (κ1) is 30.1. The maximum atomic E-state index is 14.6. The Labute approximate surface area is 231 Å². The van der Waals surface area contributed by atoms with Gasteiger partial charge in [0.1, 0.15) is 11.7 Å². The number of amides is 1. The molecule has 0 radical (unpaired) electrons. The van der Waals surface area contributed by atoms with E-state index in [2.05, 4.69) is 5.32 Å². The molecule has 9 heteroatoms. The minimum atomic E-state index is -2.89. The van der Waals surface area contributed by atoms with E-state index in [9.17, 15) is 29.4 Å². The van der Waals surface area contributed by atoms with Crippen molar-refractivity contribution in [3.8, 4) is 0 Å². The summed E-state index contributed by atoms with van der Waals surface area (Å²) in [6.07, 6.45) is -2.05. The number of nitrogens with one attached hydrogen (secondary N) is 1. The summed E-state index contributed by atoms with van der Waals surface area (Å²) in [7, 11) is 0.594. The number of hydrogen-bond acceptors (Lipinski definition) is 8. The fraction of sp³-hybridized carbons (Fsp3) is 0.467. The standard InChI is InChI=1S/C30H40N2O7/c1-20(33)25(35)32(7)30(19-22-16-12-9-13-17-22,26(36)29(5,38)27(37)39-28(2,3)4)24(34)23(31-6)18-21-14-10-8-11-15-21/h8-17,20,23,31,33,38H,18-19H2,1-7H3/t20-,23+,29+,30-/m1/s1/i7D. The third kappa shape index (κ3) is 7.38. The lowest BCUT2D eigenvalue weighted by molar-refractivity contribution is -0.184. The van der Waals surface area contributed by atoms with Gasteiger partial charge in [-0.2, -0.15) is 0 Å². The molecule has 2 rings (SSSR count). The topological polar surface area (TPSA) is 133 Å². The second kappa shape index (κ2) is 12.6. The van der Waals surface area contributed by atoms with Crippen LogP contribution in [-0.2, 0) is 36.8 Å². The third-order valence-electron chi connectivity index (χ3n) is 6.36. The molecule has 2 aromatic rings. The number of ketones is 2. The fourth-order valence-electron chi connectivity index (χ4n) is 4.27. The molecule has 0 saturated heterocycles. The van der Waals surface area contributed by atoms with E-state index in [-0.39, 0.29) is 6.42 Å². The van der Waals surface area contributed by atoms with E-state index < -0.39 is 65.8 Å². The van der Waals surface area contributed by atoms with Gasteiger partial charge < -0.3 is 25.2 Å². The molecule has 0 aromatic heterocycles. The van der Waals surface area contributed by atoms with Gasteiger partial charge in [0.15, 0.2) is 11.3 Å². The van der Waals surface area contributed by atoms with E-state index >= 15 is 0 Å². The van der Waals surface area contributed by atoms with Crippen LogP contribution < -0.4 is 5.32 Å². The Morgan fingerprint density at radius 2 is 1.49 bits per heavy atom. The van der Waals surface area contributed by atoms with Gasteiger partial charge >= 0.3 is 5.97 Å². The maximum Gasteiger partial charge on any atom is 0.346 e. The van der Waals surface area contributed by atoms with E-state index in [0.29, 0.717) is 10.5 Å². The molecule has 9 nitrogen and oxygen atoms in total. The quantitative estimate of drug-likeness (QED) is 0.274. The number of carbonyl (C=O) groups excluding carboxylic acids is 4. The number of aliphatic hydroxyl groups excluding tert-OH is 1. The molecule has 3 N–H and O–H groups in total. The number of likely N-dealkylation sites (N-methyl/N-ethyl adjacent to an activating group) is 2. The van der Waals surface area contributed by atoms with Crippen molar-refractivity contribution in [1.82, 2.24) is 10.2 Å². The molecule has 1 amide bonds. The SMILES string of the molecule is [2H]CN(C(=O)[C@@H](C)O)[C@](Cc1ccccc1)(C(=O)[C@H](Cc1ccccc1)NC)C(=O)[C@](C)(O)C(=O)OC(C)(C)C. The summed E-state index contributed by atoms with van der Waals surface area (Å²) in [6.45, 7) is 6.73. The number of Topliss-reactive ketones (excluding diaryl/α,β-unsaturated/α-hetero) is 2. The highest BCUT2D eigenvalue weighted by Crippen LogP contribution is 2.32. The van der Waals surface area contributed by atoms with Gasteiger partial charge in [0.05, 0.1) is 6.04 Å². The Morgan fingerprint density at radius 1 is 0.974 bits per heavy atom. The molecule has 0 aliphatic heterocycles. The first-order valence-electron chi connectivity index (χ1n) is 13.4. The smallest absolute Gasteiger partial charge is 0.346 e. The molecule has 0 saturated carbocycles. The molecule has 39 heavy (non-hydrogen) atoms. The summed E-state index contributed by atoms with van der Waals surface area (Å²) in [5, 5.41) is 24.6. The van der Waals surface area contributed by atoms with Crippen LogP contribution in [0.25, 0.3) is 0 Å². The van der Waals surface area contributed by atoms with E-state index in [1.165, 1.54) is 7.05 Å². The van der Waals surface area contributed by atoms with E-state index in [4.69, 9.17) is 6.11 Å². The average molecular weight is 542 g/mol. The zero-order valence-electron chi connectivity index (χ0n) is 24.4. The van der Waals surface area contributed by atoms with Crippen molar-refractivity contribution in [2.24, 2.45) is 0 Å². The molecule has 0 heterocycles. The van der Waals surface area contributed by atoms with E-state index in [1.54, 1.807) is 75.4 Å². The number of carbonyl (C=O) groups is 4. The van der Waals surface area contributed by atoms with Crippen molar-refractivity contribution in [2.75, 3.05) is 14.1 Å². The summed E-state index contributed by atoms with van der Waals surface area (Å²) < 4.78 is 13.6. The summed E-state index contributed by atoms with van der Waals surface area (Å²) >= 11 is 0. The van der Waals surface area contributed by atoms with Crippen molar-refractivity contribution in [3.63, 3.8) is 0 Å². The van der Waals surface area contributed by atoms with E-state index in [0.717, 1.165) is 19.4 Å². The number of rotatable bonds is 12. The highest BCUT2D eigenvalue weighted by molar-refractivity contribution is 6.23. The van der Waals surface area contributed by atoms with Crippen LogP contribution >= 0.6 is 0 Å². The molecule has 212 valence electrons. The Balaban J connectivity index is 2.87. The normalized spacial score (nSPS) is 16.6. The van der Waals surface area contributed by atoms with Gasteiger partial charge in [0.2, 0.25) is 11.4 Å². The van der Waals surface area contributed by atoms with Crippen LogP contribution in [-0.4, -0.2) is 81.5 Å². The lowest BCUT2D eigenvalue weighted by Gasteiger charge is -2.44. The predicted molar refractivity (Wildman–Crippen MR) is 147 cm³/mol. The lowest BCUT2D eigenvalue weighted by Crippen LogP contribution is -2.72. The second-order valence-corrected chi connectivity index (χ2v) is 10.8. The third-order valence-corrected chi connectivity index (χ3v) is 6.36. The summed E-state index contributed by atoms with van der Waals surface area (Å²) in [4.78, 5) is 56.3. The zero-order valence-corrected chi connectivity index (χ0v) is 23.4. The number of hydrogen-bond donors (Lipinski definition) is 3. The predicted octanol–water partition coefficient (Wildman–Crippen LogP) is 1.87. The van der Waals surface area contributed by atoms with Crippen LogP contribution in [0.2, 0.25) is 0 Å². The Kier molecular flexibility index (Phi) is 9.77. The summed E-state index contributed by atoms with van der Waals surface area (Å²) in [5.41, 5.74) is -5.38. The number of ether oxygens (including phenoxy) is 1. The highest BCUT2D eigenvalue weighted by atomic mass is 16.6. The van der Waals surface area contributed by atoms with Gasteiger partial charge in [0, 0.05) is 14.8 Å². The first-order valence-corrected chi connectivity index (χ1v) is 12.7. The van der Waals surface area contributed by atoms with Crippen molar-refractivity contribution in [2.45, 2.75) is 76.3 Å². The summed E-state index contributed by atoms with van der Waals surface area (Å²) in [6, 6.07) is 16.2. The highest BCUT2D eigenvalue weighted by Gasteiger charge is 2.61. The number of aliphatic hydroxyl groups is 2.